The number of phenols is 1. The molecule has 4 aliphatic rings. The number of aromatic hydroxyl groups is 1. The SMILES string of the molecule is [C-]#[N+]c1ccc(-c2nnc(N[C@@H]3CCCN(C)C3)c3c2C2CCC3CC2)c(O)c1. The van der Waals surface area contributed by atoms with E-state index in [2.05, 4.69) is 32.3 Å². The van der Waals surface area contributed by atoms with Gasteiger partial charge in [0, 0.05) is 23.7 Å². The summed E-state index contributed by atoms with van der Waals surface area (Å²) in [5.74, 6) is 2.08. The molecule has 150 valence electrons. The Kier molecular flexibility index (Phi) is 4.63. The summed E-state index contributed by atoms with van der Waals surface area (Å²) in [7, 11) is 2.18. The van der Waals surface area contributed by atoms with Crippen molar-refractivity contribution in [1.29, 1.82) is 0 Å². The normalized spacial score (nSPS) is 26.0. The van der Waals surface area contributed by atoms with E-state index in [1.165, 1.54) is 49.3 Å². The van der Waals surface area contributed by atoms with Crippen LogP contribution in [-0.2, 0) is 0 Å². The Morgan fingerprint density at radius 3 is 2.55 bits per heavy atom. The summed E-state index contributed by atoms with van der Waals surface area (Å²) in [6.45, 7) is 9.36. The van der Waals surface area contributed by atoms with Crippen LogP contribution in [-0.4, -0.2) is 46.4 Å². The summed E-state index contributed by atoms with van der Waals surface area (Å²) in [4.78, 5) is 5.79. The van der Waals surface area contributed by atoms with Crippen LogP contribution in [0.4, 0.5) is 11.5 Å². The first-order valence-electron chi connectivity index (χ1n) is 10.7. The van der Waals surface area contributed by atoms with Crippen molar-refractivity contribution in [3.63, 3.8) is 0 Å². The monoisotopic (exact) mass is 389 g/mol. The second kappa shape index (κ2) is 7.31. The van der Waals surface area contributed by atoms with E-state index in [9.17, 15) is 5.11 Å². The molecule has 1 saturated carbocycles. The second-order valence-corrected chi connectivity index (χ2v) is 8.83. The minimum atomic E-state index is 0.117. The number of phenolic OH excluding ortho intramolecular Hbond substituents is 1. The van der Waals surface area contributed by atoms with Crippen LogP contribution in [0.3, 0.4) is 0 Å². The molecule has 2 N–H and O–H groups in total. The molecule has 1 aromatic heterocycles. The van der Waals surface area contributed by atoms with Gasteiger partial charge in [-0.15, -0.1) is 10.2 Å². The molecule has 3 aliphatic carbocycles. The van der Waals surface area contributed by atoms with Gasteiger partial charge in [0.25, 0.3) is 0 Å². The number of aromatic nitrogens is 2. The van der Waals surface area contributed by atoms with E-state index in [1.807, 2.05) is 6.07 Å². The Balaban J connectivity index is 1.58. The molecule has 1 saturated heterocycles. The number of fused-ring (bicyclic) bond motifs is 2. The number of piperidine rings is 1. The van der Waals surface area contributed by atoms with E-state index >= 15 is 0 Å². The predicted octanol–water partition coefficient (Wildman–Crippen LogP) is 4.66. The molecule has 2 fully saturated rings. The lowest BCUT2D eigenvalue weighted by atomic mass is 9.66. The standard InChI is InChI=1S/C23H27N5O/c1-24-16-9-10-18(19(29)12-16)22-20-14-5-7-15(8-6-14)21(20)23(27-26-22)25-17-4-3-11-28(2)13-17/h9-10,12,14-15,17,29H,3-8,11,13H2,2H3,(H,25,27)/t14?,15?,17-/m1/s1. The summed E-state index contributed by atoms with van der Waals surface area (Å²) in [6.07, 6.45) is 7.16. The zero-order valence-corrected chi connectivity index (χ0v) is 16.9. The fraction of sp³-hybridized carbons (Fsp3) is 0.522. The first-order valence-corrected chi connectivity index (χ1v) is 10.7. The Labute approximate surface area is 171 Å². The molecule has 0 radical (unpaired) electrons. The van der Waals surface area contributed by atoms with Crippen molar-refractivity contribution in [2.24, 2.45) is 0 Å². The van der Waals surface area contributed by atoms with Gasteiger partial charge in [-0.2, -0.15) is 0 Å². The summed E-state index contributed by atoms with van der Waals surface area (Å²) in [5.41, 5.74) is 4.54. The van der Waals surface area contributed by atoms with Gasteiger partial charge in [0.1, 0.15) is 11.4 Å². The van der Waals surface area contributed by atoms with Gasteiger partial charge in [-0.3, -0.25) is 0 Å². The van der Waals surface area contributed by atoms with Crippen molar-refractivity contribution < 1.29 is 5.11 Å². The van der Waals surface area contributed by atoms with Crippen LogP contribution < -0.4 is 5.32 Å². The van der Waals surface area contributed by atoms with Gasteiger partial charge in [-0.25, -0.2) is 4.85 Å². The maximum absolute atomic E-state index is 10.6. The minimum Gasteiger partial charge on any atom is -0.509 e. The average Bonchev–Trinajstić information content (AvgIpc) is 2.75. The molecule has 0 amide bonds. The summed E-state index contributed by atoms with van der Waals surface area (Å²) < 4.78 is 0. The molecule has 6 nitrogen and oxygen atoms in total. The van der Waals surface area contributed by atoms with Gasteiger partial charge in [0.05, 0.1) is 6.57 Å². The van der Waals surface area contributed by atoms with Crippen LogP contribution in [0.25, 0.3) is 16.1 Å². The lowest BCUT2D eigenvalue weighted by Crippen LogP contribution is -2.40. The third kappa shape index (κ3) is 3.24. The molecule has 1 aliphatic heterocycles. The van der Waals surface area contributed by atoms with Crippen LogP contribution in [0.5, 0.6) is 5.75 Å². The number of hydrogen-bond donors (Lipinski definition) is 2. The fourth-order valence-electron chi connectivity index (χ4n) is 5.53. The maximum Gasteiger partial charge on any atom is 0.190 e. The molecule has 1 aromatic carbocycles. The first kappa shape index (κ1) is 18.4. The number of hydrogen-bond acceptors (Lipinski definition) is 5. The molecule has 2 bridgehead atoms. The Morgan fingerprint density at radius 2 is 1.86 bits per heavy atom. The van der Waals surface area contributed by atoms with Gasteiger partial charge in [-0.05, 0) is 75.6 Å². The van der Waals surface area contributed by atoms with Crippen molar-refractivity contribution in [3.8, 4) is 17.0 Å². The Hall–Kier alpha value is -2.65. The van der Waals surface area contributed by atoms with Crippen molar-refractivity contribution in [2.45, 2.75) is 56.4 Å². The number of benzene rings is 1. The Bertz CT molecular complexity index is 974. The smallest absolute Gasteiger partial charge is 0.190 e. The molecule has 29 heavy (non-hydrogen) atoms. The number of rotatable bonds is 3. The third-order valence-electron chi connectivity index (χ3n) is 6.92. The highest BCUT2D eigenvalue weighted by atomic mass is 16.3. The molecule has 1 atom stereocenters. The minimum absolute atomic E-state index is 0.117. The largest absolute Gasteiger partial charge is 0.509 e. The van der Waals surface area contributed by atoms with Gasteiger partial charge in [0.15, 0.2) is 11.5 Å². The summed E-state index contributed by atoms with van der Waals surface area (Å²) in [5, 5.41) is 23.6. The molecule has 6 heteroatoms. The van der Waals surface area contributed by atoms with Gasteiger partial charge in [0.2, 0.25) is 0 Å². The molecule has 2 aromatic rings. The quantitative estimate of drug-likeness (QED) is 0.748. The highest BCUT2D eigenvalue weighted by Gasteiger charge is 2.38. The van der Waals surface area contributed by atoms with E-state index in [0.29, 0.717) is 29.1 Å². The first-order chi connectivity index (χ1) is 14.1. The molecule has 0 spiro atoms. The highest BCUT2D eigenvalue weighted by Crippen LogP contribution is 2.54. The Morgan fingerprint density at radius 1 is 1.10 bits per heavy atom. The van der Waals surface area contributed by atoms with Crippen molar-refractivity contribution >= 4 is 11.5 Å². The van der Waals surface area contributed by atoms with E-state index in [1.54, 1.807) is 6.07 Å². The zero-order valence-electron chi connectivity index (χ0n) is 16.9. The zero-order chi connectivity index (χ0) is 20.0. The molecular formula is C23H27N5O. The van der Waals surface area contributed by atoms with Crippen LogP contribution in [0.2, 0.25) is 0 Å². The maximum atomic E-state index is 10.6. The predicted molar refractivity (Wildman–Crippen MR) is 113 cm³/mol. The number of nitrogens with zero attached hydrogens (tertiary/aromatic N) is 4. The number of anilines is 1. The average molecular weight is 390 g/mol. The van der Waals surface area contributed by atoms with E-state index in [-0.39, 0.29) is 5.75 Å². The molecular weight excluding hydrogens is 362 g/mol. The number of likely N-dealkylation sites (tertiary alicyclic amines) is 1. The van der Waals surface area contributed by atoms with E-state index in [0.717, 1.165) is 31.0 Å². The van der Waals surface area contributed by atoms with Gasteiger partial charge in [-0.1, -0.05) is 12.1 Å². The molecule has 6 rings (SSSR count). The van der Waals surface area contributed by atoms with Crippen molar-refractivity contribution in [2.75, 3.05) is 25.5 Å². The topological polar surface area (TPSA) is 65.6 Å². The number of likely N-dealkylation sites (N-methyl/N-ethyl adjacent to an activating group) is 1. The van der Waals surface area contributed by atoms with E-state index in [4.69, 9.17) is 6.57 Å². The van der Waals surface area contributed by atoms with Crippen molar-refractivity contribution in [3.05, 3.63) is 40.7 Å². The third-order valence-corrected chi connectivity index (χ3v) is 6.92. The number of nitrogens with one attached hydrogen (secondary N) is 1. The van der Waals surface area contributed by atoms with Gasteiger partial charge >= 0.3 is 0 Å². The van der Waals surface area contributed by atoms with Crippen LogP contribution in [0.15, 0.2) is 18.2 Å². The highest BCUT2D eigenvalue weighted by molar-refractivity contribution is 5.76. The van der Waals surface area contributed by atoms with Gasteiger partial charge < -0.3 is 15.3 Å². The summed E-state index contributed by atoms with van der Waals surface area (Å²) in [6, 6.07) is 5.51. The second-order valence-electron chi connectivity index (χ2n) is 8.83. The fourth-order valence-corrected chi connectivity index (χ4v) is 5.53. The lowest BCUT2D eigenvalue weighted by molar-refractivity contribution is 0.260. The molecule has 0 unspecified atom stereocenters. The van der Waals surface area contributed by atoms with Crippen LogP contribution in [0, 0.1) is 6.57 Å². The summed E-state index contributed by atoms with van der Waals surface area (Å²) >= 11 is 0. The lowest BCUT2D eigenvalue weighted by Gasteiger charge is -2.40. The van der Waals surface area contributed by atoms with E-state index < -0.39 is 0 Å². The van der Waals surface area contributed by atoms with Crippen molar-refractivity contribution in [1.82, 2.24) is 15.1 Å². The van der Waals surface area contributed by atoms with Crippen LogP contribution in [0.1, 0.15) is 61.5 Å². The van der Waals surface area contributed by atoms with Crippen LogP contribution >= 0.6 is 0 Å². The molecule has 2 heterocycles.